The molecule has 0 atom stereocenters. The molecule has 15 heavy (non-hydrogen) atoms. The van der Waals surface area contributed by atoms with E-state index >= 15 is 0 Å². The summed E-state index contributed by atoms with van der Waals surface area (Å²) in [7, 11) is 0. The van der Waals surface area contributed by atoms with Gasteiger partial charge >= 0.3 is 0 Å². The van der Waals surface area contributed by atoms with Crippen molar-refractivity contribution in [1.82, 2.24) is 19.5 Å². The van der Waals surface area contributed by atoms with Gasteiger partial charge in [0.2, 0.25) is 0 Å². The number of imidazole rings is 1. The maximum absolute atomic E-state index is 7.92. The second-order valence-corrected chi connectivity index (χ2v) is 3.63. The number of fused-ring (bicyclic) bond motifs is 1. The van der Waals surface area contributed by atoms with Crippen molar-refractivity contribution in [3.8, 4) is 0 Å². The minimum absolute atomic E-state index is 0.412. The Balaban J connectivity index is 2.49. The Morgan fingerprint density at radius 3 is 3.07 bits per heavy atom. The minimum atomic E-state index is 0.412. The highest BCUT2D eigenvalue weighted by atomic mass is 15.1. The third-order valence-electron chi connectivity index (χ3n) is 2.16. The van der Waals surface area contributed by atoms with Crippen LogP contribution < -0.4 is 5.49 Å². The van der Waals surface area contributed by atoms with Gasteiger partial charge in [0.25, 0.3) is 0 Å². The van der Waals surface area contributed by atoms with Crippen LogP contribution in [0.15, 0.2) is 24.3 Å². The molecule has 2 rings (SSSR count). The number of nitrogens with zero attached hydrogens (tertiary/aromatic N) is 3. The van der Waals surface area contributed by atoms with Gasteiger partial charge in [-0.2, -0.15) is 0 Å². The minimum Gasteiger partial charge on any atom is -0.340 e. The molecular formula is C10H13N5. The van der Waals surface area contributed by atoms with Gasteiger partial charge in [0.1, 0.15) is 5.52 Å². The van der Waals surface area contributed by atoms with E-state index in [1.807, 2.05) is 13.8 Å². The number of hydrogen-bond acceptors (Lipinski definition) is 3. The van der Waals surface area contributed by atoms with Crippen molar-refractivity contribution >= 4 is 11.2 Å². The van der Waals surface area contributed by atoms with Crippen LogP contribution in [0, 0.1) is 5.41 Å². The lowest BCUT2D eigenvalue weighted by atomic mass is 10.3. The summed E-state index contributed by atoms with van der Waals surface area (Å²) < 4.78 is 1.77. The van der Waals surface area contributed by atoms with Crippen molar-refractivity contribution in [3.05, 3.63) is 29.8 Å². The van der Waals surface area contributed by atoms with Crippen LogP contribution in [0.2, 0.25) is 0 Å². The molecule has 0 bridgehead atoms. The zero-order chi connectivity index (χ0) is 10.8. The Bertz CT molecular complexity index is 556. The fraction of sp³-hybridized carbons (Fsp3) is 0.300. The highest BCUT2D eigenvalue weighted by Crippen LogP contribution is 1.98. The Morgan fingerprint density at radius 1 is 1.53 bits per heavy atom. The Hall–Kier alpha value is -1.91. The van der Waals surface area contributed by atoms with Crippen LogP contribution in [-0.4, -0.2) is 19.5 Å². The van der Waals surface area contributed by atoms with Crippen LogP contribution >= 0.6 is 0 Å². The fourth-order valence-corrected chi connectivity index (χ4v) is 1.30. The Kier molecular flexibility index (Phi) is 2.37. The van der Waals surface area contributed by atoms with E-state index < -0.39 is 0 Å². The highest BCUT2D eigenvalue weighted by molar-refractivity contribution is 5.67. The number of allylic oxidation sites excluding steroid dienone is 2. The van der Waals surface area contributed by atoms with E-state index in [2.05, 4.69) is 21.0 Å². The molecule has 0 aliphatic heterocycles. The van der Waals surface area contributed by atoms with E-state index in [-0.39, 0.29) is 0 Å². The summed E-state index contributed by atoms with van der Waals surface area (Å²) >= 11 is 0. The van der Waals surface area contributed by atoms with Gasteiger partial charge in [-0.1, -0.05) is 11.6 Å². The summed E-state index contributed by atoms with van der Waals surface area (Å²) in [6.07, 6.45) is 5.26. The Morgan fingerprint density at radius 2 is 2.33 bits per heavy atom. The summed E-state index contributed by atoms with van der Waals surface area (Å²) in [5.41, 5.74) is 2.91. The number of H-pyrrole nitrogens is 1. The van der Waals surface area contributed by atoms with Crippen LogP contribution in [0.3, 0.4) is 0 Å². The standard InChI is InChI=1S/C10H13N5/c1-7(2)3-4-15-6-14-10-8(9(15)11)12-5-13-10/h3,5-6,11H,4H2,1-2H3,(H,12,13). The van der Waals surface area contributed by atoms with Gasteiger partial charge in [0.05, 0.1) is 12.7 Å². The first-order valence-corrected chi connectivity index (χ1v) is 4.75. The lowest BCUT2D eigenvalue weighted by molar-refractivity contribution is 0.733. The summed E-state index contributed by atoms with van der Waals surface area (Å²) in [5.74, 6) is 0. The molecule has 2 aromatic rings. The molecule has 5 heteroatoms. The fourth-order valence-electron chi connectivity index (χ4n) is 1.30. The first-order chi connectivity index (χ1) is 7.18. The van der Waals surface area contributed by atoms with Gasteiger partial charge in [-0.05, 0) is 13.8 Å². The predicted molar refractivity (Wildman–Crippen MR) is 57.2 cm³/mol. The van der Waals surface area contributed by atoms with Crippen LogP contribution in [0.5, 0.6) is 0 Å². The van der Waals surface area contributed by atoms with E-state index in [9.17, 15) is 0 Å². The zero-order valence-electron chi connectivity index (χ0n) is 8.78. The summed E-state index contributed by atoms with van der Waals surface area (Å²) in [4.78, 5) is 11.1. The van der Waals surface area contributed by atoms with Crippen LogP contribution in [0.4, 0.5) is 0 Å². The van der Waals surface area contributed by atoms with Crippen LogP contribution in [-0.2, 0) is 6.54 Å². The molecule has 0 saturated heterocycles. The molecule has 2 heterocycles. The topological polar surface area (TPSA) is 70.3 Å². The first kappa shape index (κ1) is 9.64. The average molecular weight is 203 g/mol. The van der Waals surface area contributed by atoms with Gasteiger partial charge in [-0.3, -0.25) is 5.41 Å². The average Bonchev–Trinajstić information content (AvgIpc) is 2.65. The maximum atomic E-state index is 7.92. The molecule has 0 aliphatic rings. The summed E-state index contributed by atoms with van der Waals surface area (Å²) in [6, 6.07) is 0. The van der Waals surface area contributed by atoms with Crippen molar-refractivity contribution in [1.29, 1.82) is 5.41 Å². The monoisotopic (exact) mass is 203 g/mol. The van der Waals surface area contributed by atoms with Gasteiger partial charge in [-0.25, -0.2) is 9.97 Å². The molecule has 0 spiro atoms. The van der Waals surface area contributed by atoms with Crippen LogP contribution in [0.1, 0.15) is 13.8 Å². The number of rotatable bonds is 2. The smallest absolute Gasteiger partial charge is 0.182 e. The lowest BCUT2D eigenvalue weighted by Gasteiger charge is -2.02. The molecule has 2 N–H and O–H groups in total. The third kappa shape index (κ3) is 1.81. The molecule has 0 amide bonds. The second-order valence-electron chi connectivity index (χ2n) is 3.63. The molecule has 5 nitrogen and oxygen atoms in total. The molecular weight excluding hydrogens is 190 g/mol. The second kappa shape index (κ2) is 3.68. The zero-order valence-corrected chi connectivity index (χ0v) is 8.78. The molecule has 0 saturated carbocycles. The van der Waals surface area contributed by atoms with Crippen molar-refractivity contribution in [3.63, 3.8) is 0 Å². The molecule has 0 aliphatic carbocycles. The largest absolute Gasteiger partial charge is 0.340 e. The maximum Gasteiger partial charge on any atom is 0.182 e. The third-order valence-corrected chi connectivity index (χ3v) is 2.16. The molecule has 0 fully saturated rings. The molecule has 2 aromatic heterocycles. The molecule has 0 aromatic carbocycles. The van der Waals surface area contributed by atoms with Crippen molar-refractivity contribution < 1.29 is 0 Å². The molecule has 0 unspecified atom stereocenters. The number of aromatic amines is 1. The van der Waals surface area contributed by atoms with E-state index in [1.165, 1.54) is 5.57 Å². The van der Waals surface area contributed by atoms with Gasteiger partial charge < -0.3 is 9.55 Å². The molecule has 0 radical (unpaired) electrons. The number of hydrogen-bond donors (Lipinski definition) is 2. The van der Waals surface area contributed by atoms with E-state index in [1.54, 1.807) is 17.2 Å². The van der Waals surface area contributed by atoms with Crippen LogP contribution in [0.25, 0.3) is 11.2 Å². The van der Waals surface area contributed by atoms with Crippen molar-refractivity contribution in [2.45, 2.75) is 20.4 Å². The lowest BCUT2D eigenvalue weighted by Crippen LogP contribution is -2.20. The summed E-state index contributed by atoms with van der Waals surface area (Å²) in [6.45, 7) is 4.74. The number of aromatic nitrogens is 4. The summed E-state index contributed by atoms with van der Waals surface area (Å²) in [5, 5.41) is 7.92. The van der Waals surface area contributed by atoms with Crippen molar-refractivity contribution in [2.75, 3.05) is 0 Å². The Labute approximate surface area is 87.0 Å². The predicted octanol–water partition coefficient (Wildman–Crippen LogP) is 1.21. The first-order valence-electron chi connectivity index (χ1n) is 4.75. The van der Waals surface area contributed by atoms with Gasteiger partial charge in [0, 0.05) is 6.54 Å². The van der Waals surface area contributed by atoms with E-state index in [0.29, 0.717) is 23.2 Å². The SMILES string of the molecule is CC(C)=CCn1cnc2nc[nH]c2c1=N. The van der Waals surface area contributed by atoms with Gasteiger partial charge in [-0.15, -0.1) is 0 Å². The van der Waals surface area contributed by atoms with E-state index in [0.717, 1.165) is 0 Å². The number of nitrogens with one attached hydrogen (secondary N) is 2. The van der Waals surface area contributed by atoms with Crippen molar-refractivity contribution in [2.24, 2.45) is 0 Å². The van der Waals surface area contributed by atoms with Gasteiger partial charge in [0.15, 0.2) is 11.1 Å². The quantitative estimate of drug-likeness (QED) is 0.720. The molecule has 78 valence electrons. The normalized spacial score (nSPS) is 10.5. The van der Waals surface area contributed by atoms with E-state index in [4.69, 9.17) is 5.41 Å². The highest BCUT2D eigenvalue weighted by Gasteiger charge is 2.01.